The van der Waals surface area contributed by atoms with Crippen LogP contribution in [0.25, 0.3) is 0 Å². The molecule has 2 aromatic carbocycles. The van der Waals surface area contributed by atoms with E-state index in [1.54, 1.807) is 4.90 Å². The lowest BCUT2D eigenvalue weighted by Gasteiger charge is -2.35. The van der Waals surface area contributed by atoms with Crippen molar-refractivity contribution in [3.63, 3.8) is 0 Å². The maximum atomic E-state index is 14.2. The lowest BCUT2D eigenvalue weighted by molar-refractivity contribution is -0.387. The highest BCUT2D eigenvalue weighted by Gasteiger charge is 2.33. The van der Waals surface area contributed by atoms with Crippen LogP contribution in [0.2, 0.25) is 0 Å². The number of nitro benzene ring substituents is 1. The molecule has 1 aliphatic rings. The molecule has 0 N–H and O–H groups in total. The average Bonchev–Trinajstić information content (AvgIpc) is 2.68. The number of nitro groups is 1. The van der Waals surface area contributed by atoms with Gasteiger partial charge in [-0.15, -0.1) is 0 Å². The monoisotopic (exact) mass is 390 g/mol. The van der Waals surface area contributed by atoms with E-state index in [1.807, 2.05) is 6.07 Å². The number of nitriles is 1. The molecule has 0 bridgehead atoms. The number of nitrogens with zero attached hydrogens (tertiary/aromatic N) is 4. The number of hydrogen-bond donors (Lipinski definition) is 0. The SMILES string of the molecule is N#Cc1ccc(N2CCN(S(=O)(=O)c3ccccc3[N+](=O)[O-])CC2)c(F)c1. The number of hydrogen-bond acceptors (Lipinski definition) is 6. The van der Waals surface area contributed by atoms with Crippen molar-refractivity contribution in [2.75, 3.05) is 31.1 Å². The van der Waals surface area contributed by atoms with Gasteiger partial charge in [0, 0.05) is 32.2 Å². The van der Waals surface area contributed by atoms with Gasteiger partial charge in [0.1, 0.15) is 5.82 Å². The van der Waals surface area contributed by atoms with E-state index in [4.69, 9.17) is 5.26 Å². The largest absolute Gasteiger partial charge is 0.367 e. The van der Waals surface area contributed by atoms with Crippen LogP contribution in [0.15, 0.2) is 47.4 Å². The summed E-state index contributed by atoms with van der Waals surface area (Å²) in [5.74, 6) is -0.552. The van der Waals surface area contributed by atoms with E-state index in [2.05, 4.69) is 0 Å². The van der Waals surface area contributed by atoms with E-state index >= 15 is 0 Å². The highest BCUT2D eigenvalue weighted by molar-refractivity contribution is 7.89. The number of rotatable bonds is 4. The van der Waals surface area contributed by atoms with Gasteiger partial charge in [-0.05, 0) is 24.3 Å². The average molecular weight is 390 g/mol. The third-order valence-electron chi connectivity index (χ3n) is 4.34. The fourth-order valence-corrected chi connectivity index (χ4v) is 4.55. The van der Waals surface area contributed by atoms with Gasteiger partial charge < -0.3 is 4.90 Å². The van der Waals surface area contributed by atoms with Crippen molar-refractivity contribution in [1.82, 2.24) is 4.31 Å². The van der Waals surface area contributed by atoms with E-state index in [9.17, 15) is 22.9 Å². The summed E-state index contributed by atoms with van der Waals surface area (Å²) in [6.45, 7) is 0.576. The summed E-state index contributed by atoms with van der Waals surface area (Å²) in [7, 11) is -4.04. The minimum absolute atomic E-state index is 0.0633. The molecular weight excluding hydrogens is 375 g/mol. The first kappa shape index (κ1) is 18.8. The zero-order valence-electron chi connectivity index (χ0n) is 14.1. The van der Waals surface area contributed by atoms with Crippen LogP contribution < -0.4 is 4.90 Å². The minimum Gasteiger partial charge on any atom is -0.367 e. The molecule has 1 fully saturated rings. The maximum absolute atomic E-state index is 14.2. The number of halogens is 1. The van der Waals surface area contributed by atoms with Gasteiger partial charge in [0.15, 0.2) is 4.90 Å². The van der Waals surface area contributed by atoms with Crippen molar-refractivity contribution in [1.29, 1.82) is 5.26 Å². The van der Waals surface area contributed by atoms with Crippen LogP contribution in [0, 0.1) is 27.3 Å². The molecule has 2 aromatic rings. The van der Waals surface area contributed by atoms with E-state index in [1.165, 1.54) is 30.3 Å². The van der Waals surface area contributed by atoms with Gasteiger partial charge in [-0.2, -0.15) is 9.57 Å². The van der Waals surface area contributed by atoms with Gasteiger partial charge in [-0.3, -0.25) is 10.1 Å². The standard InChI is InChI=1S/C17H15FN4O4S/c18-14-11-13(12-19)5-6-15(14)20-7-9-21(10-8-20)27(25,26)17-4-2-1-3-16(17)22(23)24/h1-6,11H,7-10H2. The second kappa shape index (κ2) is 7.30. The molecule has 0 aromatic heterocycles. The Kier molecular flexibility index (Phi) is 5.07. The number of para-hydroxylation sites is 1. The summed E-state index contributed by atoms with van der Waals surface area (Å²) in [6, 6.07) is 11.2. The normalized spacial score (nSPS) is 15.3. The summed E-state index contributed by atoms with van der Waals surface area (Å²) < 4.78 is 40.9. The number of piperazine rings is 1. The Morgan fingerprint density at radius 3 is 2.37 bits per heavy atom. The lowest BCUT2D eigenvalue weighted by Crippen LogP contribution is -2.49. The molecule has 1 heterocycles. The first-order valence-corrected chi connectivity index (χ1v) is 9.47. The molecule has 0 spiro atoms. The van der Waals surface area contributed by atoms with Crippen LogP contribution in [0.4, 0.5) is 15.8 Å². The van der Waals surface area contributed by atoms with Gasteiger partial charge in [0.2, 0.25) is 10.0 Å². The molecule has 140 valence electrons. The molecule has 0 unspecified atom stereocenters. The molecule has 10 heteroatoms. The predicted molar refractivity (Wildman–Crippen MR) is 95.2 cm³/mol. The first-order chi connectivity index (χ1) is 12.8. The van der Waals surface area contributed by atoms with Gasteiger partial charge in [-0.25, -0.2) is 12.8 Å². The van der Waals surface area contributed by atoms with Crippen molar-refractivity contribution in [3.8, 4) is 6.07 Å². The van der Waals surface area contributed by atoms with Gasteiger partial charge in [-0.1, -0.05) is 12.1 Å². The van der Waals surface area contributed by atoms with Crippen LogP contribution in [0.3, 0.4) is 0 Å². The Labute approximate surface area is 155 Å². The zero-order valence-corrected chi connectivity index (χ0v) is 14.9. The van der Waals surface area contributed by atoms with Gasteiger partial charge in [0.05, 0.1) is 22.2 Å². The molecular formula is C17H15FN4O4S. The van der Waals surface area contributed by atoms with Crippen LogP contribution in [0.5, 0.6) is 0 Å². The highest BCUT2D eigenvalue weighted by atomic mass is 32.2. The number of anilines is 1. The molecule has 0 aliphatic carbocycles. The molecule has 1 aliphatic heterocycles. The molecule has 3 rings (SSSR count). The topological polar surface area (TPSA) is 108 Å². The molecule has 0 amide bonds. The summed E-state index contributed by atoms with van der Waals surface area (Å²) in [4.78, 5) is 11.7. The third kappa shape index (κ3) is 3.60. The van der Waals surface area contributed by atoms with E-state index in [0.717, 1.165) is 16.4 Å². The van der Waals surface area contributed by atoms with Crippen LogP contribution in [-0.4, -0.2) is 43.8 Å². The summed E-state index contributed by atoms with van der Waals surface area (Å²) >= 11 is 0. The number of sulfonamides is 1. The van der Waals surface area contributed by atoms with E-state index < -0.39 is 26.5 Å². The van der Waals surface area contributed by atoms with Crippen LogP contribution >= 0.6 is 0 Å². The molecule has 0 radical (unpaired) electrons. The maximum Gasteiger partial charge on any atom is 0.289 e. The van der Waals surface area contributed by atoms with E-state index in [-0.39, 0.29) is 42.3 Å². The molecule has 1 saturated heterocycles. The zero-order chi connectivity index (χ0) is 19.6. The van der Waals surface area contributed by atoms with Gasteiger partial charge in [0.25, 0.3) is 5.69 Å². The Bertz CT molecular complexity index is 1030. The molecule has 0 saturated carbocycles. The number of benzene rings is 2. The van der Waals surface area contributed by atoms with Crippen LogP contribution in [0.1, 0.15) is 5.56 Å². The van der Waals surface area contributed by atoms with Gasteiger partial charge >= 0.3 is 0 Å². The fourth-order valence-electron chi connectivity index (χ4n) is 2.97. The second-order valence-corrected chi connectivity index (χ2v) is 7.80. The van der Waals surface area contributed by atoms with Crippen molar-refractivity contribution >= 4 is 21.4 Å². The smallest absolute Gasteiger partial charge is 0.289 e. The predicted octanol–water partition coefficient (Wildman–Crippen LogP) is 2.12. The summed E-state index contributed by atoms with van der Waals surface area (Å²) in [5.41, 5.74) is 0.0173. The van der Waals surface area contributed by atoms with Crippen LogP contribution in [-0.2, 0) is 10.0 Å². The second-order valence-electron chi connectivity index (χ2n) is 5.89. The molecule has 27 heavy (non-hydrogen) atoms. The first-order valence-electron chi connectivity index (χ1n) is 8.03. The molecule has 0 atom stereocenters. The highest BCUT2D eigenvalue weighted by Crippen LogP contribution is 2.28. The van der Waals surface area contributed by atoms with Crippen molar-refractivity contribution in [2.24, 2.45) is 0 Å². The summed E-state index contributed by atoms with van der Waals surface area (Å²) in [6.07, 6.45) is 0. The summed E-state index contributed by atoms with van der Waals surface area (Å²) in [5, 5.41) is 19.9. The molecule has 8 nitrogen and oxygen atoms in total. The Hall–Kier alpha value is -3.03. The minimum atomic E-state index is -4.04. The third-order valence-corrected chi connectivity index (χ3v) is 6.28. The lowest BCUT2D eigenvalue weighted by atomic mass is 10.2. The Balaban J connectivity index is 1.80. The van der Waals surface area contributed by atoms with Crippen molar-refractivity contribution in [3.05, 3.63) is 64.0 Å². The quantitative estimate of drug-likeness (QED) is 0.584. The van der Waals surface area contributed by atoms with Crippen molar-refractivity contribution < 1.29 is 17.7 Å². The Morgan fingerprint density at radius 2 is 1.78 bits per heavy atom. The Morgan fingerprint density at radius 1 is 1.11 bits per heavy atom. The van der Waals surface area contributed by atoms with E-state index in [0.29, 0.717) is 0 Å². The van der Waals surface area contributed by atoms with Crippen molar-refractivity contribution in [2.45, 2.75) is 4.90 Å². The fraction of sp³-hybridized carbons (Fsp3) is 0.235.